The van der Waals surface area contributed by atoms with E-state index in [1.165, 1.54) is 0 Å². The van der Waals surface area contributed by atoms with Crippen molar-refractivity contribution in [1.82, 2.24) is 15.3 Å². The molecule has 0 bridgehead atoms. The van der Waals surface area contributed by atoms with Gasteiger partial charge in [-0.25, -0.2) is 14.8 Å². The molecule has 0 unspecified atom stereocenters. The van der Waals surface area contributed by atoms with E-state index in [1.807, 2.05) is 37.3 Å². The zero-order valence-electron chi connectivity index (χ0n) is 15.4. The van der Waals surface area contributed by atoms with Gasteiger partial charge < -0.3 is 15.0 Å². The van der Waals surface area contributed by atoms with Gasteiger partial charge in [-0.3, -0.25) is 0 Å². The summed E-state index contributed by atoms with van der Waals surface area (Å²) in [6.45, 7) is 2.92. The van der Waals surface area contributed by atoms with Crippen LogP contribution in [0.15, 0.2) is 42.6 Å². The first kappa shape index (κ1) is 19.9. The van der Waals surface area contributed by atoms with Gasteiger partial charge in [0.2, 0.25) is 5.95 Å². The second-order valence-electron chi connectivity index (χ2n) is 6.97. The van der Waals surface area contributed by atoms with Crippen molar-refractivity contribution >= 4 is 12.0 Å². The summed E-state index contributed by atoms with van der Waals surface area (Å²) in [5.41, 5.74) is -0.584. The lowest BCUT2D eigenvalue weighted by Crippen LogP contribution is -2.53. The summed E-state index contributed by atoms with van der Waals surface area (Å²) in [5.74, 6) is 0.0449. The Labute approximate surface area is 160 Å². The molecule has 0 spiro atoms. The predicted molar refractivity (Wildman–Crippen MR) is 96.6 cm³/mol. The number of carbonyl (C=O) groups excluding carboxylic acids is 1. The fraction of sp³-hybridized carbons (Fsp3) is 0.421. The third-order valence-electron chi connectivity index (χ3n) is 4.70. The molecule has 2 aromatic rings. The number of halogens is 3. The molecular formula is C19H21F3N4O2. The summed E-state index contributed by atoms with van der Waals surface area (Å²) in [6.07, 6.45) is -2.85. The van der Waals surface area contributed by atoms with Crippen LogP contribution in [-0.4, -0.2) is 34.7 Å². The van der Waals surface area contributed by atoms with Crippen LogP contribution in [0.3, 0.4) is 0 Å². The molecule has 1 aromatic carbocycles. The zero-order chi connectivity index (χ0) is 20.2. The van der Waals surface area contributed by atoms with Gasteiger partial charge in [0.25, 0.3) is 0 Å². The van der Waals surface area contributed by atoms with Crippen molar-refractivity contribution in [1.29, 1.82) is 0 Å². The summed E-state index contributed by atoms with van der Waals surface area (Å²) in [5, 5.41) is 2.86. The van der Waals surface area contributed by atoms with Gasteiger partial charge in [-0.05, 0) is 31.4 Å². The molecule has 2 heterocycles. The van der Waals surface area contributed by atoms with Crippen LogP contribution >= 0.6 is 0 Å². The van der Waals surface area contributed by atoms with Gasteiger partial charge in [-0.15, -0.1) is 0 Å². The molecule has 9 heteroatoms. The van der Waals surface area contributed by atoms with E-state index in [4.69, 9.17) is 4.74 Å². The Morgan fingerprint density at radius 1 is 1.21 bits per heavy atom. The third kappa shape index (κ3) is 5.11. The van der Waals surface area contributed by atoms with Crippen LogP contribution in [0.4, 0.5) is 23.9 Å². The molecule has 1 aromatic heterocycles. The minimum absolute atomic E-state index is 0.0449. The van der Waals surface area contributed by atoms with Crippen LogP contribution in [0, 0.1) is 0 Å². The highest BCUT2D eigenvalue weighted by molar-refractivity contribution is 5.68. The lowest BCUT2D eigenvalue weighted by atomic mass is 9.90. The molecule has 1 saturated heterocycles. The van der Waals surface area contributed by atoms with Gasteiger partial charge in [-0.1, -0.05) is 30.3 Å². The minimum Gasteiger partial charge on any atom is -0.445 e. The number of hydrogen-bond acceptors (Lipinski definition) is 5. The third-order valence-corrected chi connectivity index (χ3v) is 4.70. The second-order valence-corrected chi connectivity index (χ2v) is 6.97. The molecule has 1 fully saturated rings. The topological polar surface area (TPSA) is 67.3 Å². The van der Waals surface area contributed by atoms with Gasteiger partial charge >= 0.3 is 12.3 Å². The van der Waals surface area contributed by atoms with Crippen LogP contribution in [0.25, 0.3) is 0 Å². The molecule has 1 amide bonds. The van der Waals surface area contributed by atoms with Crippen molar-refractivity contribution in [3.05, 3.63) is 53.9 Å². The first-order chi connectivity index (χ1) is 13.3. The van der Waals surface area contributed by atoms with Gasteiger partial charge in [-0.2, -0.15) is 13.2 Å². The van der Waals surface area contributed by atoms with E-state index in [0.717, 1.165) is 17.8 Å². The average molecular weight is 394 g/mol. The number of hydrogen-bond donors (Lipinski definition) is 1. The van der Waals surface area contributed by atoms with Crippen molar-refractivity contribution in [2.45, 2.75) is 38.1 Å². The molecule has 1 aliphatic heterocycles. The molecule has 0 atom stereocenters. The Balaban J connectivity index is 1.53. The predicted octanol–water partition coefficient (Wildman–Crippen LogP) is 3.78. The Hall–Kier alpha value is -2.84. The molecule has 0 saturated carbocycles. The Morgan fingerprint density at radius 3 is 2.54 bits per heavy atom. The minimum atomic E-state index is -4.51. The number of alkyl carbamates (subject to hydrolysis) is 1. The molecule has 150 valence electrons. The Morgan fingerprint density at radius 2 is 1.89 bits per heavy atom. The van der Waals surface area contributed by atoms with Crippen molar-refractivity contribution in [2.24, 2.45) is 0 Å². The van der Waals surface area contributed by atoms with Crippen molar-refractivity contribution in [2.75, 3.05) is 18.0 Å². The lowest BCUT2D eigenvalue weighted by Gasteiger charge is -2.39. The van der Waals surface area contributed by atoms with Crippen LogP contribution in [0.2, 0.25) is 0 Å². The number of ether oxygens (including phenoxy) is 1. The summed E-state index contributed by atoms with van der Waals surface area (Å²) < 4.78 is 43.7. The molecule has 1 aliphatic rings. The molecule has 28 heavy (non-hydrogen) atoms. The fourth-order valence-electron chi connectivity index (χ4n) is 2.99. The number of benzene rings is 1. The van der Waals surface area contributed by atoms with E-state index >= 15 is 0 Å². The quantitative estimate of drug-likeness (QED) is 0.855. The molecule has 6 nitrogen and oxygen atoms in total. The van der Waals surface area contributed by atoms with Crippen LogP contribution in [0.1, 0.15) is 31.0 Å². The normalized spacial score (nSPS) is 16.5. The number of alkyl halides is 3. The maximum atomic E-state index is 12.8. The molecular weight excluding hydrogens is 373 g/mol. The number of anilines is 1. The molecule has 3 rings (SSSR count). The molecule has 1 N–H and O–H groups in total. The number of rotatable bonds is 4. The van der Waals surface area contributed by atoms with E-state index in [-0.39, 0.29) is 12.6 Å². The van der Waals surface area contributed by atoms with E-state index in [0.29, 0.717) is 25.9 Å². The standard InChI is InChI=1S/C19H21F3N4O2/c1-18(25-17(27)28-13-14-5-3-2-4-6-14)8-11-26(12-9-18)16-23-10-7-15(24-16)19(20,21)22/h2-7,10H,8-9,11-13H2,1H3,(H,25,27). The first-order valence-electron chi connectivity index (χ1n) is 8.89. The number of nitrogens with zero attached hydrogens (tertiary/aromatic N) is 3. The van der Waals surface area contributed by atoms with Crippen LogP contribution in [0.5, 0.6) is 0 Å². The maximum absolute atomic E-state index is 12.8. The average Bonchev–Trinajstić information content (AvgIpc) is 2.67. The van der Waals surface area contributed by atoms with Gasteiger partial charge in [0.15, 0.2) is 0 Å². The zero-order valence-corrected chi connectivity index (χ0v) is 15.4. The summed E-state index contributed by atoms with van der Waals surface area (Å²) in [4.78, 5) is 21.4. The van der Waals surface area contributed by atoms with E-state index in [9.17, 15) is 18.0 Å². The summed E-state index contributed by atoms with van der Waals surface area (Å²) >= 11 is 0. The van der Waals surface area contributed by atoms with Crippen LogP contribution < -0.4 is 10.2 Å². The number of nitrogens with one attached hydrogen (secondary N) is 1. The number of amides is 1. The van der Waals surface area contributed by atoms with Crippen molar-refractivity contribution in [3.63, 3.8) is 0 Å². The highest BCUT2D eigenvalue weighted by atomic mass is 19.4. The SMILES string of the molecule is CC1(NC(=O)OCc2ccccc2)CCN(c2nccc(C(F)(F)F)n2)CC1. The number of carbonyl (C=O) groups is 1. The van der Waals surface area contributed by atoms with E-state index in [1.54, 1.807) is 4.90 Å². The van der Waals surface area contributed by atoms with Gasteiger partial charge in [0, 0.05) is 24.8 Å². The van der Waals surface area contributed by atoms with E-state index < -0.39 is 23.5 Å². The first-order valence-corrected chi connectivity index (χ1v) is 8.89. The number of piperidine rings is 1. The highest BCUT2D eigenvalue weighted by Gasteiger charge is 2.35. The lowest BCUT2D eigenvalue weighted by molar-refractivity contribution is -0.141. The summed E-state index contributed by atoms with van der Waals surface area (Å²) in [7, 11) is 0. The fourth-order valence-corrected chi connectivity index (χ4v) is 2.99. The monoisotopic (exact) mass is 394 g/mol. The largest absolute Gasteiger partial charge is 0.445 e. The second kappa shape index (κ2) is 8.04. The van der Waals surface area contributed by atoms with Gasteiger partial charge in [0.05, 0.1) is 0 Å². The Bertz CT molecular complexity index is 806. The maximum Gasteiger partial charge on any atom is 0.433 e. The smallest absolute Gasteiger partial charge is 0.433 e. The van der Waals surface area contributed by atoms with Gasteiger partial charge in [0.1, 0.15) is 12.3 Å². The number of aromatic nitrogens is 2. The van der Waals surface area contributed by atoms with Crippen LogP contribution in [-0.2, 0) is 17.5 Å². The molecule has 0 aliphatic carbocycles. The molecule has 0 radical (unpaired) electrons. The van der Waals surface area contributed by atoms with E-state index in [2.05, 4.69) is 15.3 Å². The highest BCUT2D eigenvalue weighted by Crippen LogP contribution is 2.29. The summed E-state index contributed by atoms with van der Waals surface area (Å²) in [6, 6.07) is 10.2. The Kier molecular flexibility index (Phi) is 5.71. The van der Waals surface area contributed by atoms with Crippen molar-refractivity contribution in [3.8, 4) is 0 Å². The van der Waals surface area contributed by atoms with Crippen molar-refractivity contribution < 1.29 is 22.7 Å².